The van der Waals surface area contributed by atoms with Gasteiger partial charge in [-0.05, 0) is 31.9 Å². The van der Waals surface area contributed by atoms with Crippen LogP contribution in [0.2, 0.25) is 0 Å². The second-order valence-corrected chi connectivity index (χ2v) is 4.43. The molecule has 1 N–H and O–H groups in total. The molecule has 0 radical (unpaired) electrons. The minimum absolute atomic E-state index is 0.0131. The summed E-state index contributed by atoms with van der Waals surface area (Å²) in [5, 5.41) is 9.62. The van der Waals surface area contributed by atoms with Gasteiger partial charge in [-0.2, -0.15) is 0 Å². The molecule has 0 atom stereocenters. The van der Waals surface area contributed by atoms with Gasteiger partial charge in [-0.1, -0.05) is 12.1 Å². The van der Waals surface area contributed by atoms with E-state index < -0.39 is 0 Å². The van der Waals surface area contributed by atoms with Crippen molar-refractivity contribution in [1.82, 2.24) is 4.90 Å². The zero-order valence-corrected chi connectivity index (χ0v) is 10.0. The minimum atomic E-state index is -0.0131. The summed E-state index contributed by atoms with van der Waals surface area (Å²) in [6.07, 6.45) is 3.88. The molecule has 1 aliphatic carbocycles. The molecule has 3 heteroatoms. The third-order valence-electron chi connectivity index (χ3n) is 3.11. The summed E-state index contributed by atoms with van der Waals surface area (Å²) in [6, 6.07) is 5.41. The molecule has 1 aromatic carbocycles. The van der Waals surface area contributed by atoms with Crippen LogP contribution in [0.4, 0.5) is 0 Å². The van der Waals surface area contributed by atoms with Crippen molar-refractivity contribution in [2.24, 2.45) is 0 Å². The number of carbonyl (C=O) groups is 1. The fraction of sp³-hybridized carbons (Fsp3) is 0.357. The van der Waals surface area contributed by atoms with Crippen molar-refractivity contribution in [1.29, 1.82) is 0 Å². The molecule has 1 aliphatic rings. The molecule has 1 aromatic rings. The number of amides is 1. The quantitative estimate of drug-likeness (QED) is 0.809. The summed E-state index contributed by atoms with van der Waals surface area (Å²) in [4.78, 5) is 14.2. The van der Waals surface area contributed by atoms with Crippen LogP contribution in [0.3, 0.4) is 0 Å². The van der Waals surface area contributed by atoms with E-state index in [4.69, 9.17) is 0 Å². The maximum Gasteiger partial charge on any atom is 0.254 e. The van der Waals surface area contributed by atoms with E-state index in [-0.39, 0.29) is 11.7 Å². The van der Waals surface area contributed by atoms with Crippen molar-refractivity contribution in [2.45, 2.75) is 25.8 Å². The van der Waals surface area contributed by atoms with Crippen LogP contribution in [-0.2, 0) is 0 Å². The number of carbonyl (C=O) groups excluding carboxylic acids is 1. The fourth-order valence-electron chi connectivity index (χ4n) is 1.93. The van der Waals surface area contributed by atoms with Gasteiger partial charge in [-0.15, -0.1) is 6.58 Å². The molecule has 0 spiro atoms. The maximum atomic E-state index is 12.4. The number of hydrogen-bond donors (Lipinski definition) is 1. The van der Waals surface area contributed by atoms with Crippen LogP contribution >= 0.6 is 0 Å². The molecule has 17 heavy (non-hydrogen) atoms. The fourth-order valence-corrected chi connectivity index (χ4v) is 1.93. The zero-order chi connectivity index (χ0) is 12.4. The topological polar surface area (TPSA) is 40.5 Å². The van der Waals surface area contributed by atoms with Crippen molar-refractivity contribution in [3.63, 3.8) is 0 Å². The number of benzene rings is 1. The molecular formula is C14H17NO2. The lowest BCUT2D eigenvalue weighted by Gasteiger charge is -2.21. The molecule has 1 fully saturated rings. The molecule has 0 aromatic heterocycles. The SMILES string of the molecule is C=CCN(C(=O)c1cccc(O)c1C)C1CC1. The normalized spacial score (nSPS) is 14.4. The zero-order valence-electron chi connectivity index (χ0n) is 10.0. The van der Waals surface area contributed by atoms with E-state index in [2.05, 4.69) is 6.58 Å². The molecule has 0 heterocycles. The third kappa shape index (κ3) is 2.33. The maximum absolute atomic E-state index is 12.4. The first kappa shape index (κ1) is 11.7. The smallest absolute Gasteiger partial charge is 0.254 e. The predicted octanol–water partition coefficient (Wildman–Crippen LogP) is 2.49. The Balaban J connectivity index is 2.28. The monoisotopic (exact) mass is 231 g/mol. The van der Waals surface area contributed by atoms with Gasteiger partial charge in [-0.3, -0.25) is 4.79 Å². The Morgan fingerprint density at radius 2 is 2.29 bits per heavy atom. The molecule has 0 saturated heterocycles. The van der Waals surface area contributed by atoms with Crippen LogP contribution in [0.5, 0.6) is 5.75 Å². The van der Waals surface area contributed by atoms with Gasteiger partial charge in [0.25, 0.3) is 5.91 Å². The highest BCUT2D eigenvalue weighted by atomic mass is 16.3. The summed E-state index contributed by atoms with van der Waals surface area (Å²) in [5.41, 5.74) is 1.23. The van der Waals surface area contributed by atoms with Crippen molar-refractivity contribution in [3.05, 3.63) is 42.0 Å². The number of hydrogen-bond acceptors (Lipinski definition) is 2. The van der Waals surface area contributed by atoms with Crippen LogP contribution in [0.15, 0.2) is 30.9 Å². The molecule has 90 valence electrons. The van der Waals surface area contributed by atoms with Gasteiger partial charge < -0.3 is 10.0 Å². The number of nitrogens with zero attached hydrogens (tertiary/aromatic N) is 1. The summed E-state index contributed by atoms with van der Waals surface area (Å²) < 4.78 is 0. The highest BCUT2D eigenvalue weighted by Gasteiger charge is 2.32. The standard InChI is InChI=1S/C14H17NO2/c1-3-9-15(11-7-8-11)14(17)12-5-4-6-13(16)10(12)2/h3-6,11,16H,1,7-9H2,2H3. The largest absolute Gasteiger partial charge is 0.508 e. The van der Waals surface area contributed by atoms with E-state index in [0.717, 1.165) is 12.8 Å². The van der Waals surface area contributed by atoms with E-state index in [1.54, 1.807) is 31.2 Å². The lowest BCUT2D eigenvalue weighted by atomic mass is 10.1. The second kappa shape index (κ2) is 4.62. The van der Waals surface area contributed by atoms with Crippen molar-refractivity contribution in [2.75, 3.05) is 6.54 Å². The first-order chi connectivity index (χ1) is 8.15. The summed E-state index contributed by atoms with van der Waals surface area (Å²) in [7, 11) is 0. The van der Waals surface area contributed by atoms with Gasteiger partial charge in [0.2, 0.25) is 0 Å². The Labute approximate surface area is 101 Å². The predicted molar refractivity (Wildman–Crippen MR) is 67.1 cm³/mol. The van der Waals surface area contributed by atoms with E-state index in [1.165, 1.54) is 0 Å². The molecular weight excluding hydrogens is 214 g/mol. The lowest BCUT2D eigenvalue weighted by Crippen LogP contribution is -2.33. The van der Waals surface area contributed by atoms with Crippen molar-refractivity contribution < 1.29 is 9.90 Å². The molecule has 1 amide bonds. The average molecular weight is 231 g/mol. The Morgan fingerprint density at radius 1 is 1.59 bits per heavy atom. The molecule has 0 unspecified atom stereocenters. The second-order valence-electron chi connectivity index (χ2n) is 4.43. The molecule has 3 nitrogen and oxygen atoms in total. The number of aromatic hydroxyl groups is 1. The number of phenolic OH excluding ortho intramolecular Hbond substituents is 1. The molecule has 1 saturated carbocycles. The van der Waals surface area contributed by atoms with Gasteiger partial charge in [-0.25, -0.2) is 0 Å². The highest BCUT2D eigenvalue weighted by Crippen LogP contribution is 2.29. The van der Waals surface area contributed by atoms with Crippen LogP contribution in [0.1, 0.15) is 28.8 Å². The van der Waals surface area contributed by atoms with E-state index in [0.29, 0.717) is 23.7 Å². The Morgan fingerprint density at radius 3 is 2.88 bits per heavy atom. The van der Waals surface area contributed by atoms with Gasteiger partial charge in [0, 0.05) is 23.7 Å². The van der Waals surface area contributed by atoms with E-state index in [9.17, 15) is 9.90 Å². The summed E-state index contributed by atoms with van der Waals surface area (Å²) in [6.45, 7) is 6.02. The van der Waals surface area contributed by atoms with E-state index in [1.807, 2.05) is 4.90 Å². The van der Waals surface area contributed by atoms with Crippen molar-refractivity contribution in [3.8, 4) is 5.75 Å². The van der Waals surface area contributed by atoms with Crippen LogP contribution < -0.4 is 0 Å². The molecule has 0 bridgehead atoms. The number of phenols is 1. The van der Waals surface area contributed by atoms with Gasteiger partial charge in [0.15, 0.2) is 0 Å². The first-order valence-corrected chi connectivity index (χ1v) is 5.85. The van der Waals surface area contributed by atoms with Crippen LogP contribution in [-0.4, -0.2) is 28.5 Å². The van der Waals surface area contributed by atoms with Gasteiger partial charge in [0.05, 0.1) is 0 Å². The van der Waals surface area contributed by atoms with Gasteiger partial charge in [0.1, 0.15) is 5.75 Å². The first-order valence-electron chi connectivity index (χ1n) is 5.85. The highest BCUT2D eigenvalue weighted by molar-refractivity contribution is 5.96. The number of rotatable bonds is 4. The summed E-state index contributed by atoms with van der Waals surface area (Å²) >= 11 is 0. The summed E-state index contributed by atoms with van der Waals surface area (Å²) in [5.74, 6) is 0.158. The van der Waals surface area contributed by atoms with Crippen LogP contribution in [0, 0.1) is 6.92 Å². The Bertz CT molecular complexity index is 450. The van der Waals surface area contributed by atoms with E-state index >= 15 is 0 Å². The Hall–Kier alpha value is -1.77. The average Bonchev–Trinajstić information content (AvgIpc) is 3.13. The van der Waals surface area contributed by atoms with Crippen molar-refractivity contribution >= 4 is 5.91 Å². The Kier molecular flexibility index (Phi) is 3.18. The molecule has 0 aliphatic heterocycles. The van der Waals surface area contributed by atoms with Gasteiger partial charge >= 0.3 is 0 Å². The minimum Gasteiger partial charge on any atom is -0.508 e. The third-order valence-corrected chi connectivity index (χ3v) is 3.11. The molecule has 2 rings (SSSR count). The lowest BCUT2D eigenvalue weighted by molar-refractivity contribution is 0.0761. The van der Waals surface area contributed by atoms with Crippen LogP contribution in [0.25, 0.3) is 0 Å².